The molecule has 1 aliphatic heterocycles. The Labute approximate surface area is 131 Å². The van der Waals surface area contributed by atoms with Crippen LogP contribution in [-0.4, -0.2) is 32.8 Å². The predicted octanol–water partition coefficient (Wildman–Crippen LogP) is 2.53. The number of rotatable bonds is 4. The van der Waals surface area contributed by atoms with E-state index in [4.69, 9.17) is 4.52 Å². The van der Waals surface area contributed by atoms with Crippen molar-refractivity contribution in [2.24, 2.45) is 0 Å². The van der Waals surface area contributed by atoms with Crippen LogP contribution in [0.3, 0.4) is 0 Å². The van der Waals surface area contributed by atoms with E-state index in [1.165, 1.54) is 6.07 Å². The van der Waals surface area contributed by atoms with Crippen LogP contribution in [0.1, 0.15) is 48.5 Å². The predicted molar refractivity (Wildman–Crippen MR) is 76.4 cm³/mol. The van der Waals surface area contributed by atoms with Crippen molar-refractivity contribution in [1.29, 1.82) is 0 Å². The van der Waals surface area contributed by atoms with E-state index in [0.717, 1.165) is 25.0 Å². The highest BCUT2D eigenvalue weighted by Gasteiger charge is 2.35. The zero-order chi connectivity index (χ0) is 16.0. The van der Waals surface area contributed by atoms with Gasteiger partial charge in [-0.2, -0.15) is 4.98 Å². The first-order chi connectivity index (χ1) is 11.1. The number of nitrogens with zero attached hydrogens (tertiary/aromatic N) is 3. The Morgan fingerprint density at radius 1 is 1.30 bits per heavy atom. The molecule has 1 aliphatic carbocycles. The van der Waals surface area contributed by atoms with Gasteiger partial charge in [0.1, 0.15) is 11.6 Å². The summed E-state index contributed by atoms with van der Waals surface area (Å²) in [4.78, 5) is 6.23. The summed E-state index contributed by atoms with van der Waals surface area (Å²) in [7, 11) is 0. The summed E-state index contributed by atoms with van der Waals surface area (Å²) in [6, 6.07) is 3.00. The van der Waals surface area contributed by atoms with Gasteiger partial charge in [0.2, 0.25) is 5.89 Å². The Morgan fingerprint density at radius 2 is 2.13 bits per heavy atom. The summed E-state index contributed by atoms with van der Waals surface area (Å²) in [5.41, 5.74) is 0.257. The molecule has 2 fully saturated rings. The van der Waals surface area contributed by atoms with Crippen LogP contribution in [0.4, 0.5) is 8.78 Å². The van der Waals surface area contributed by atoms with E-state index in [0.29, 0.717) is 37.1 Å². The molecule has 7 heteroatoms. The van der Waals surface area contributed by atoms with Crippen LogP contribution >= 0.6 is 0 Å². The Kier molecular flexibility index (Phi) is 3.61. The molecular weight excluding hydrogens is 304 g/mol. The van der Waals surface area contributed by atoms with Crippen LogP contribution in [0, 0.1) is 11.6 Å². The van der Waals surface area contributed by atoms with Gasteiger partial charge >= 0.3 is 0 Å². The monoisotopic (exact) mass is 321 g/mol. The fourth-order valence-electron chi connectivity index (χ4n) is 3.16. The second kappa shape index (κ2) is 5.65. The Morgan fingerprint density at radius 3 is 2.91 bits per heavy atom. The lowest BCUT2D eigenvalue weighted by atomic mass is 10.0. The molecule has 1 N–H and O–H groups in total. The van der Waals surface area contributed by atoms with Gasteiger partial charge in [0.25, 0.3) is 0 Å². The summed E-state index contributed by atoms with van der Waals surface area (Å²) in [6.07, 6.45) is 1.91. The summed E-state index contributed by atoms with van der Waals surface area (Å²) in [5.74, 6) is 0.577. The largest absolute Gasteiger partial charge is 0.392 e. The van der Waals surface area contributed by atoms with Crippen molar-refractivity contribution in [2.45, 2.75) is 43.9 Å². The maximum absolute atomic E-state index is 14.1. The van der Waals surface area contributed by atoms with Crippen molar-refractivity contribution < 1.29 is 18.4 Å². The maximum atomic E-state index is 14.1. The summed E-state index contributed by atoms with van der Waals surface area (Å²) in [5, 5.41) is 13.9. The van der Waals surface area contributed by atoms with Crippen molar-refractivity contribution >= 4 is 0 Å². The van der Waals surface area contributed by atoms with E-state index >= 15 is 0 Å². The molecule has 23 heavy (non-hydrogen) atoms. The summed E-state index contributed by atoms with van der Waals surface area (Å²) < 4.78 is 32.7. The number of benzene rings is 1. The van der Waals surface area contributed by atoms with Crippen molar-refractivity contribution in [3.63, 3.8) is 0 Å². The fraction of sp³-hybridized carbons (Fsp3) is 0.500. The Hall–Kier alpha value is -1.86. The van der Waals surface area contributed by atoms with E-state index in [1.54, 1.807) is 0 Å². The number of aliphatic hydroxyl groups is 1. The highest BCUT2D eigenvalue weighted by atomic mass is 19.1. The third kappa shape index (κ3) is 2.98. The van der Waals surface area contributed by atoms with Crippen LogP contribution in [-0.2, 0) is 6.54 Å². The molecule has 2 atom stereocenters. The first kappa shape index (κ1) is 14.7. The van der Waals surface area contributed by atoms with E-state index in [9.17, 15) is 13.9 Å². The topological polar surface area (TPSA) is 62.4 Å². The third-order valence-corrected chi connectivity index (χ3v) is 4.45. The number of aliphatic hydroxyl groups excluding tert-OH is 1. The van der Waals surface area contributed by atoms with Crippen LogP contribution in [0.5, 0.6) is 0 Å². The normalized spacial score (nSPS) is 25.2. The second-order valence-corrected chi connectivity index (χ2v) is 6.32. The molecule has 0 unspecified atom stereocenters. The van der Waals surface area contributed by atoms with Gasteiger partial charge in [0.15, 0.2) is 5.82 Å². The third-order valence-electron chi connectivity index (χ3n) is 4.45. The van der Waals surface area contributed by atoms with E-state index in [1.807, 2.05) is 4.90 Å². The van der Waals surface area contributed by atoms with Crippen molar-refractivity contribution in [1.82, 2.24) is 15.0 Å². The van der Waals surface area contributed by atoms with Crippen molar-refractivity contribution in [3.05, 3.63) is 47.1 Å². The molecule has 1 aromatic carbocycles. The average molecular weight is 321 g/mol. The molecular formula is C16H17F2N3O2. The fourth-order valence-corrected chi connectivity index (χ4v) is 3.16. The molecule has 4 rings (SSSR count). The lowest BCUT2D eigenvalue weighted by Crippen LogP contribution is -2.25. The number of hydrogen-bond acceptors (Lipinski definition) is 5. The van der Waals surface area contributed by atoms with E-state index in [-0.39, 0.29) is 5.56 Å². The van der Waals surface area contributed by atoms with Gasteiger partial charge in [-0.25, -0.2) is 8.78 Å². The smallest absolute Gasteiger partial charge is 0.229 e. The molecule has 0 spiro atoms. The molecule has 0 amide bonds. The average Bonchev–Trinajstić information content (AvgIpc) is 3.16. The molecule has 0 bridgehead atoms. The molecule has 1 saturated carbocycles. The number of aromatic nitrogens is 2. The zero-order valence-corrected chi connectivity index (χ0v) is 12.5. The summed E-state index contributed by atoms with van der Waals surface area (Å²) in [6.45, 7) is 0.710. The first-order valence-electron chi connectivity index (χ1n) is 7.79. The zero-order valence-electron chi connectivity index (χ0n) is 12.5. The molecule has 1 saturated heterocycles. The Bertz CT molecular complexity index is 717. The highest BCUT2D eigenvalue weighted by Crippen LogP contribution is 2.39. The molecule has 5 nitrogen and oxygen atoms in total. The van der Waals surface area contributed by atoms with Gasteiger partial charge in [0.05, 0.1) is 12.6 Å². The lowest BCUT2D eigenvalue weighted by molar-refractivity contribution is 0.170. The minimum absolute atomic E-state index is 0.257. The Balaban J connectivity index is 1.56. The van der Waals surface area contributed by atoms with Crippen LogP contribution in [0.25, 0.3) is 0 Å². The maximum Gasteiger partial charge on any atom is 0.229 e. The first-order valence-corrected chi connectivity index (χ1v) is 7.79. The quantitative estimate of drug-likeness (QED) is 0.937. The van der Waals surface area contributed by atoms with Crippen molar-refractivity contribution in [3.8, 4) is 0 Å². The number of likely N-dealkylation sites (tertiary alicyclic amines) is 1. The van der Waals surface area contributed by atoms with Gasteiger partial charge in [0, 0.05) is 24.1 Å². The molecule has 2 heterocycles. The second-order valence-electron chi connectivity index (χ2n) is 6.32. The molecule has 0 radical (unpaired) electrons. The SMILES string of the molecule is O[C@H]1C[C@@H](c2cc(F)ccc2F)N(Cc2noc(C3CC3)n2)C1. The standard InChI is InChI=1S/C16H17F2N3O2/c17-10-3-4-13(18)12(5-10)14-6-11(22)7-21(14)8-15-19-16(23-20-15)9-1-2-9/h3-5,9,11,14,22H,1-2,6-8H2/t11-,14-/m0/s1. The van der Waals surface area contributed by atoms with Gasteiger partial charge in [-0.05, 0) is 37.5 Å². The number of hydrogen-bond donors (Lipinski definition) is 1. The van der Waals surface area contributed by atoms with Crippen LogP contribution in [0.2, 0.25) is 0 Å². The highest BCUT2D eigenvalue weighted by molar-refractivity contribution is 5.24. The van der Waals surface area contributed by atoms with Gasteiger partial charge in [-0.15, -0.1) is 0 Å². The van der Waals surface area contributed by atoms with E-state index in [2.05, 4.69) is 10.1 Å². The molecule has 2 aromatic rings. The van der Waals surface area contributed by atoms with Gasteiger partial charge in [-0.1, -0.05) is 5.16 Å². The van der Waals surface area contributed by atoms with Gasteiger partial charge in [-0.3, -0.25) is 4.90 Å². The van der Waals surface area contributed by atoms with Gasteiger partial charge < -0.3 is 9.63 Å². The molecule has 2 aliphatic rings. The van der Waals surface area contributed by atoms with Crippen LogP contribution in [0.15, 0.2) is 22.7 Å². The van der Waals surface area contributed by atoms with E-state index < -0.39 is 23.8 Å². The molecule has 1 aromatic heterocycles. The number of halogens is 2. The van der Waals surface area contributed by atoms with Crippen LogP contribution < -0.4 is 0 Å². The molecule has 122 valence electrons. The van der Waals surface area contributed by atoms with Crippen molar-refractivity contribution in [2.75, 3.05) is 6.54 Å². The number of β-amino-alcohol motifs (C(OH)–C–C–N with tert-alkyl or cyclic N) is 1. The minimum atomic E-state index is -0.586. The minimum Gasteiger partial charge on any atom is -0.392 e. The summed E-state index contributed by atoms with van der Waals surface area (Å²) >= 11 is 0. The lowest BCUT2D eigenvalue weighted by Gasteiger charge is -2.23.